The van der Waals surface area contributed by atoms with E-state index >= 15 is 0 Å². The minimum absolute atomic E-state index is 0.0197. The molecule has 1 saturated carbocycles. The highest BCUT2D eigenvalue weighted by atomic mass is 19.4. The Morgan fingerprint density at radius 3 is 2.38 bits per heavy atom. The maximum Gasteiger partial charge on any atom is 0.416 e. The summed E-state index contributed by atoms with van der Waals surface area (Å²) in [6.45, 7) is 1.87. The second kappa shape index (κ2) is 9.97. The summed E-state index contributed by atoms with van der Waals surface area (Å²) < 4.78 is 45.2. The summed E-state index contributed by atoms with van der Waals surface area (Å²) in [7, 11) is 0. The number of nitrogens with zero attached hydrogens (tertiary/aromatic N) is 2. The fourth-order valence-corrected chi connectivity index (χ4v) is 6.37. The summed E-state index contributed by atoms with van der Waals surface area (Å²) in [5, 5.41) is 2.32. The molecular weight excluding hydrogens is 511 g/mol. The molecule has 0 radical (unpaired) electrons. The van der Waals surface area contributed by atoms with Crippen molar-refractivity contribution in [1.29, 1.82) is 0 Å². The maximum atomic E-state index is 13.0. The first-order valence-electron chi connectivity index (χ1n) is 13.5. The molecule has 0 spiro atoms. The summed E-state index contributed by atoms with van der Waals surface area (Å²) >= 11 is 0. The molecule has 3 aliphatic heterocycles. The lowest BCUT2D eigenvalue weighted by Gasteiger charge is -2.48. The average Bonchev–Trinajstić information content (AvgIpc) is 3.19. The predicted octanol–water partition coefficient (Wildman–Crippen LogP) is 4.26. The second-order valence-corrected chi connectivity index (χ2v) is 11.0. The molecule has 206 valence electrons. The molecule has 10 heteroatoms. The van der Waals surface area contributed by atoms with Crippen LogP contribution in [0, 0.1) is 0 Å². The van der Waals surface area contributed by atoms with E-state index in [0.29, 0.717) is 24.3 Å². The van der Waals surface area contributed by atoms with Gasteiger partial charge in [-0.3, -0.25) is 24.6 Å². The van der Waals surface area contributed by atoms with Crippen LogP contribution in [0.15, 0.2) is 42.5 Å². The van der Waals surface area contributed by atoms with Crippen molar-refractivity contribution >= 4 is 17.7 Å². The van der Waals surface area contributed by atoms with Crippen LogP contribution in [0.5, 0.6) is 5.75 Å². The van der Waals surface area contributed by atoms with Crippen LogP contribution in [0.3, 0.4) is 0 Å². The van der Waals surface area contributed by atoms with Gasteiger partial charge in [-0.25, -0.2) is 0 Å². The van der Waals surface area contributed by atoms with Gasteiger partial charge in [-0.05, 0) is 67.1 Å². The molecule has 4 aliphatic rings. The summed E-state index contributed by atoms with van der Waals surface area (Å²) in [4.78, 5) is 40.7. The van der Waals surface area contributed by atoms with Gasteiger partial charge >= 0.3 is 6.18 Å². The molecule has 2 saturated heterocycles. The van der Waals surface area contributed by atoms with E-state index < -0.39 is 23.7 Å². The largest absolute Gasteiger partial charge is 0.489 e. The molecule has 7 nitrogen and oxygen atoms in total. The lowest BCUT2D eigenvalue weighted by molar-refractivity contribution is -0.138. The first kappa shape index (κ1) is 25.9. The van der Waals surface area contributed by atoms with Crippen molar-refractivity contribution in [2.24, 2.45) is 0 Å². The van der Waals surface area contributed by atoms with Gasteiger partial charge in [0.1, 0.15) is 17.9 Å². The number of ether oxygens (including phenoxy) is 1. The monoisotopic (exact) mass is 541 g/mol. The first-order valence-corrected chi connectivity index (χ1v) is 13.5. The molecule has 0 bridgehead atoms. The Hall–Kier alpha value is -3.40. The Bertz CT molecular complexity index is 1290. The number of amides is 3. The van der Waals surface area contributed by atoms with Gasteiger partial charge in [-0.2, -0.15) is 13.2 Å². The lowest BCUT2D eigenvalue weighted by Crippen LogP contribution is -2.57. The zero-order valence-corrected chi connectivity index (χ0v) is 21.4. The molecule has 3 atom stereocenters. The highest BCUT2D eigenvalue weighted by molar-refractivity contribution is 6.05. The normalized spacial score (nSPS) is 26.3. The summed E-state index contributed by atoms with van der Waals surface area (Å²) in [5.41, 5.74) is 1.66. The maximum absolute atomic E-state index is 13.0. The number of benzene rings is 2. The Morgan fingerprint density at radius 1 is 0.923 bits per heavy atom. The summed E-state index contributed by atoms with van der Waals surface area (Å²) in [5.74, 6) is -0.0666. The van der Waals surface area contributed by atoms with Crippen molar-refractivity contribution in [3.05, 3.63) is 64.7 Å². The third-order valence-corrected chi connectivity index (χ3v) is 8.54. The van der Waals surface area contributed by atoms with Crippen LogP contribution in [0.4, 0.5) is 13.2 Å². The minimum Gasteiger partial charge on any atom is -0.489 e. The minimum atomic E-state index is -4.33. The van der Waals surface area contributed by atoms with E-state index in [4.69, 9.17) is 4.74 Å². The quantitative estimate of drug-likeness (QED) is 0.573. The number of alkyl halides is 3. The van der Waals surface area contributed by atoms with E-state index in [1.54, 1.807) is 24.3 Å². The number of likely N-dealkylation sites (tertiary alicyclic amines) is 1. The molecule has 1 aliphatic carbocycles. The molecule has 2 aromatic carbocycles. The van der Waals surface area contributed by atoms with Crippen LogP contribution >= 0.6 is 0 Å². The Labute approximate surface area is 224 Å². The standard InChI is InChI=1S/C29H30F3N3O4/c30-29(31,32)20-7-5-17(6-8-20)19-14-34(15-19)23-3-1-2-4-25(23)39-21-9-10-22-18(13-21)16-35(28(22)38)24-11-12-26(36)33-27(24)37/h5-10,13,19,23-25H,1-4,11-12,14-16H2,(H,33,36,37)/t23-,24?,25-/m1/s1. The highest BCUT2D eigenvalue weighted by Crippen LogP contribution is 2.37. The van der Waals surface area contributed by atoms with E-state index in [0.717, 1.165) is 62.0 Å². The Balaban J connectivity index is 1.09. The van der Waals surface area contributed by atoms with Crippen LogP contribution in [0.2, 0.25) is 0 Å². The van der Waals surface area contributed by atoms with Crippen LogP contribution in [-0.2, 0) is 22.3 Å². The fourth-order valence-electron chi connectivity index (χ4n) is 6.37. The van der Waals surface area contributed by atoms with Crippen LogP contribution < -0.4 is 10.1 Å². The molecule has 3 heterocycles. The van der Waals surface area contributed by atoms with Crippen LogP contribution in [0.25, 0.3) is 0 Å². The molecule has 2 aromatic rings. The molecule has 3 fully saturated rings. The number of fused-ring (bicyclic) bond motifs is 1. The molecule has 1 unspecified atom stereocenters. The smallest absolute Gasteiger partial charge is 0.416 e. The van der Waals surface area contributed by atoms with Gasteiger partial charge in [-0.1, -0.05) is 18.6 Å². The van der Waals surface area contributed by atoms with Crippen molar-refractivity contribution < 1.29 is 32.3 Å². The van der Waals surface area contributed by atoms with E-state index in [1.165, 1.54) is 4.90 Å². The summed E-state index contributed by atoms with van der Waals surface area (Å²) in [6.07, 6.45) is 0.251. The van der Waals surface area contributed by atoms with E-state index in [1.807, 2.05) is 6.07 Å². The fraction of sp³-hybridized carbons (Fsp3) is 0.483. The van der Waals surface area contributed by atoms with Gasteiger partial charge in [0.15, 0.2) is 0 Å². The van der Waals surface area contributed by atoms with Crippen molar-refractivity contribution in [2.75, 3.05) is 13.1 Å². The molecule has 3 amide bonds. The molecular formula is C29H30F3N3O4. The van der Waals surface area contributed by atoms with E-state index in [-0.39, 0.29) is 36.3 Å². The van der Waals surface area contributed by atoms with Gasteiger partial charge in [-0.15, -0.1) is 0 Å². The molecule has 0 aromatic heterocycles. The average molecular weight is 542 g/mol. The third kappa shape index (κ3) is 5.02. The first-order chi connectivity index (χ1) is 18.7. The molecule has 1 N–H and O–H groups in total. The SMILES string of the molecule is O=C1CCC(N2Cc3cc(O[C@@H]4CCCC[C@H]4N4CC(c5ccc(C(F)(F)F)cc5)C4)ccc3C2=O)C(=O)N1. The van der Waals surface area contributed by atoms with Crippen molar-refractivity contribution in [2.45, 2.75) is 75.4 Å². The zero-order chi connectivity index (χ0) is 27.3. The van der Waals surface area contributed by atoms with Gasteiger partial charge in [0.05, 0.1) is 5.56 Å². The number of hydrogen-bond donors (Lipinski definition) is 1. The van der Waals surface area contributed by atoms with Crippen LogP contribution in [-0.4, -0.2) is 58.8 Å². The van der Waals surface area contributed by atoms with Crippen LogP contribution in [0.1, 0.15) is 71.5 Å². The number of halogens is 3. The molecule has 39 heavy (non-hydrogen) atoms. The number of carbonyl (C=O) groups is 3. The molecule has 6 rings (SSSR count). The Morgan fingerprint density at radius 2 is 1.67 bits per heavy atom. The third-order valence-electron chi connectivity index (χ3n) is 8.54. The highest BCUT2D eigenvalue weighted by Gasteiger charge is 2.41. The van der Waals surface area contributed by atoms with E-state index in [2.05, 4.69) is 10.2 Å². The number of hydrogen-bond acceptors (Lipinski definition) is 5. The number of nitrogens with one attached hydrogen (secondary N) is 1. The van der Waals surface area contributed by atoms with Crippen molar-refractivity contribution in [3.8, 4) is 5.75 Å². The van der Waals surface area contributed by atoms with Crippen molar-refractivity contribution in [3.63, 3.8) is 0 Å². The number of piperidine rings is 1. The van der Waals surface area contributed by atoms with Gasteiger partial charge in [0.25, 0.3) is 5.91 Å². The number of rotatable bonds is 5. The second-order valence-electron chi connectivity index (χ2n) is 11.0. The predicted molar refractivity (Wildman–Crippen MR) is 135 cm³/mol. The van der Waals surface area contributed by atoms with Gasteiger partial charge < -0.3 is 9.64 Å². The lowest BCUT2D eigenvalue weighted by atomic mass is 9.84. The Kier molecular flexibility index (Phi) is 6.61. The van der Waals surface area contributed by atoms with Crippen molar-refractivity contribution in [1.82, 2.24) is 15.1 Å². The van der Waals surface area contributed by atoms with E-state index in [9.17, 15) is 27.6 Å². The van der Waals surface area contributed by atoms with Gasteiger partial charge in [0.2, 0.25) is 11.8 Å². The zero-order valence-electron chi connectivity index (χ0n) is 21.4. The topological polar surface area (TPSA) is 79.0 Å². The number of carbonyl (C=O) groups excluding carboxylic acids is 3. The number of imide groups is 1. The van der Waals surface area contributed by atoms with Gasteiger partial charge in [0, 0.05) is 43.6 Å². The summed E-state index contributed by atoms with van der Waals surface area (Å²) in [6, 6.07) is 10.5.